The van der Waals surface area contributed by atoms with E-state index >= 15 is 0 Å². The molecule has 6 nitrogen and oxygen atoms in total. The van der Waals surface area contributed by atoms with E-state index in [1.807, 2.05) is 53.6 Å². The number of hydrogen-bond acceptors (Lipinski definition) is 7. The number of carbonyl (C=O) groups is 1. The number of morpholine rings is 1. The summed E-state index contributed by atoms with van der Waals surface area (Å²) in [5.41, 5.74) is 1.57. The number of thiazole rings is 1. The van der Waals surface area contributed by atoms with Gasteiger partial charge in [0.1, 0.15) is 5.75 Å². The van der Waals surface area contributed by atoms with E-state index < -0.39 is 0 Å². The van der Waals surface area contributed by atoms with Crippen LogP contribution in [0.1, 0.15) is 16.8 Å². The molecule has 1 fully saturated rings. The first kappa shape index (κ1) is 24.8. The number of thioether (sulfide) groups is 1. The zero-order valence-corrected chi connectivity index (χ0v) is 20.7. The number of anilines is 1. The first-order valence-electron chi connectivity index (χ1n) is 10.4. The summed E-state index contributed by atoms with van der Waals surface area (Å²) < 4.78 is 11.8. The van der Waals surface area contributed by atoms with Crippen molar-refractivity contribution in [3.05, 3.63) is 48.0 Å². The molecular formula is C23H28ClN3O3S2. The van der Waals surface area contributed by atoms with Crippen LogP contribution in [0.15, 0.2) is 47.4 Å². The molecule has 1 aliphatic rings. The molecule has 0 N–H and O–H groups in total. The van der Waals surface area contributed by atoms with E-state index in [2.05, 4.69) is 4.90 Å². The van der Waals surface area contributed by atoms with Gasteiger partial charge in [-0.15, -0.1) is 24.2 Å². The summed E-state index contributed by atoms with van der Waals surface area (Å²) in [5, 5.41) is 0.727. The second-order valence-corrected chi connectivity index (χ2v) is 9.22. The van der Waals surface area contributed by atoms with Crippen LogP contribution in [0.5, 0.6) is 5.75 Å². The number of amides is 1. The lowest BCUT2D eigenvalue weighted by Gasteiger charge is -2.27. The van der Waals surface area contributed by atoms with E-state index in [-0.39, 0.29) is 18.3 Å². The van der Waals surface area contributed by atoms with Gasteiger partial charge in [-0.3, -0.25) is 14.6 Å². The molecule has 1 amide bonds. The maximum Gasteiger partial charge on any atom is 0.260 e. The standard InChI is InChI=1S/C23H27N3O3S2.ClH/c1-28-18-7-8-20-21(16-18)31-23(24-20)26(10-4-9-25-11-13-29-14-12-25)22(27)17-5-3-6-19(15-17)30-2;/h3,5-8,15-16H,4,9-14H2,1-2H3;1H. The summed E-state index contributed by atoms with van der Waals surface area (Å²) in [5.74, 6) is 0.782. The van der Waals surface area contributed by atoms with E-state index in [1.165, 1.54) is 11.3 Å². The predicted octanol–water partition coefficient (Wildman–Crippen LogP) is 4.82. The number of nitrogens with zero attached hydrogens (tertiary/aromatic N) is 3. The van der Waals surface area contributed by atoms with Crippen molar-refractivity contribution in [2.75, 3.05) is 57.7 Å². The van der Waals surface area contributed by atoms with Crippen molar-refractivity contribution in [1.29, 1.82) is 0 Å². The first-order chi connectivity index (χ1) is 15.2. The summed E-state index contributed by atoms with van der Waals surface area (Å²) in [4.78, 5) is 23.6. The summed E-state index contributed by atoms with van der Waals surface area (Å²) >= 11 is 3.17. The number of rotatable bonds is 8. The molecular weight excluding hydrogens is 466 g/mol. The molecule has 2 heterocycles. The highest BCUT2D eigenvalue weighted by molar-refractivity contribution is 7.98. The lowest BCUT2D eigenvalue weighted by atomic mass is 10.2. The van der Waals surface area contributed by atoms with Crippen molar-refractivity contribution >= 4 is 56.8 Å². The van der Waals surface area contributed by atoms with Crippen LogP contribution in [0.3, 0.4) is 0 Å². The number of halogens is 1. The van der Waals surface area contributed by atoms with Crippen molar-refractivity contribution in [1.82, 2.24) is 9.88 Å². The Balaban J connectivity index is 0.00000289. The van der Waals surface area contributed by atoms with Crippen molar-refractivity contribution in [2.24, 2.45) is 0 Å². The molecule has 0 saturated carbocycles. The van der Waals surface area contributed by atoms with E-state index in [0.29, 0.717) is 12.1 Å². The second kappa shape index (κ2) is 11.9. The maximum absolute atomic E-state index is 13.5. The molecule has 0 bridgehead atoms. The van der Waals surface area contributed by atoms with Crippen molar-refractivity contribution in [2.45, 2.75) is 11.3 Å². The zero-order chi connectivity index (χ0) is 21.6. The Morgan fingerprint density at radius 2 is 2.06 bits per heavy atom. The van der Waals surface area contributed by atoms with Crippen LogP contribution >= 0.6 is 35.5 Å². The Morgan fingerprint density at radius 3 is 2.81 bits per heavy atom. The molecule has 0 aliphatic carbocycles. The quantitative estimate of drug-likeness (QED) is 0.419. The zero-order valence-electron chi connectivity index (χ0n) is 18.3. The van der Waals surface area contributed by atoms with Gasteiger partial charge in [0, 0.05) is 36.6 Å². The smallest absolute Gasteiger partial charge is 0.260 e. The summed E-state index contributed by atoms with van der Waals surface area (Å²) in [6.45, 7) is 5.02. The first-order valence-corrected chi connectivity index (χ1v) is 12.4. The van der Waals surface area contributed by atoms with Gasteiger partial charge in [0.25, 0.3) is 5.91 Å². The molecule has 2 aromatic carbocycles. The van der Waals surface area contributed by atoms with Gasteiger partial charge in [0.2, 0.25) is 0 Å². The molecule has 0 radical (unpaired) electrons. The summed E-state index contributed by atoms with van der Waals surface area (Å²) in [6, 6.07) is 13.6. The molecule has 1 aromatic heterocycles. The molecule has 0 unspecified atom stereocenters. The molecule has 0 atom stereocenters. The molecule has 4 rings (SSSR count). The minimum absolute atomic E-state index is 0. The fourth-order valence-corrected chi connectivity index (χ4v) is 5.09. The number of fused-ring (bicyclic) bond motifs is 1. The van der Waals surface area contributed by atoms with Crippen molar-refractivity contribution < 1.29 is 14.3 Å². The van der Waals surface area contributed by atoms with Gasteiger partial charge in [0.05, 0.1) is 30.5 Å². The maximum atomic E-state index is 13.5. The highest BCUT2D eigenvalue weighted by atomic mass is 35.5. The Bertz CT molecular complexity index is 1040. The molecule has 3 aromatic rings. The highest BCUT2D eigenvalue weighted by Crippen LogP contribution is 2.32. The third kappa shape index (κ3) is 5.94. The van der Waals surface area contributed by atoms with E-state index in [0.717, 1.165) is 65.3 Å². The number of methoxy groups -OCH3 is 1. The Hall–Kier alpha value is -1.84. The molecule has 1 saturated heterocycles. The topological polar surface area (TPSA) is 54.9 Å². The van der Waals surface area contributed by atoms with Gasteiger partial charge >= 0.3 is 0 Å². The van der Waals surface area contributed by atoms with E-state index in [4.69, 9.17) is 14.5 Å². The largest absolute Gasteiger partial charge is 0.497 e. The van der Waals surface area contributed by atoms with Gasteiger partial charge in [-0.25, -0.2) is 4.98 Å². The normalized spacial score (nSPS) is 14.2. The minimum Gasteiger partial charge on any atom is -0.497 e. The number of aromatic nitrogens is 1. The SMILES string of the molecule is COc1ccc2nc(N(CCCN3CCOCC3)C(=O)c3cccc(SC)c3)sc2c1.Cl. The van der Waals surface area contributed by atoms with Crippen LogP contribution < -0.4 is 9.64 Å². The average molecular weight is 494 g/mol. The third-order valence-corrected chi connectivity index (χ3v) is 7.10. The van der Waals surface area contributed by atoms with Gasteiger partial charge in [-0.2, -0.15) is 0 Å². The minimum atomic E-state index is -0.0103. The average Bonchev–Trinajstić information content (AvgIpc) is 3.25. The number of benzene rings is 2. The highest BCUT2D eigenvalue weighted by Gasteiger charge is 2.22. The van der Waals surface area contributed by atoms with E-state index in [9.17, 15) is 4.79 Å². The van der Waals surface area contributed by atoms with Gasteiger partial charge in [0.15, 0.2) is 5.13 Å². The Labute approximate surface area is 203 Å². The predicted molar refractivity (Wildman–Crippen MR) is 135 cm³/mol. The van der Waals surface area contributed by atoms with E-state index in [1.54, 1.807) is 18.9 Å². The van der Waals surface area contributed by atoms with Gasteiger partial charge < -0.3 is 9.47 Å². The summed E-state index contributed by atoms with van der Waals surface area (Å²) in [6.07, 6.45) is 2.90. The number of carbonyl (C=O) groups excluding carboxylic acids is 1. The Morgan fingerprint density at radius 1 is 1.25 bits per heavy atom. The number of ether oxygens (including phenoxy) is 2. The lowest BCUT2D eigenvalue weighted by molar-refractivity contribution is 0.0376. The van der Waals surface area contributed by atoms with Crippen LogP contribution in [0.2, 0.25) is 0 Å². The molecule has 0 spiro atoms. The fourth-order valence-electron chi connectivity index (χ4n) is 3.61. The Kier molecular flexibility index (Phi) is 9.19. The van der Waals surface area contributed by atoms with Crippen LogP contribution in [-0.2, 0) is 4.74 Å². The van der Waals surface area contributed by atoms with Crippen molar-refractivity contribution in [3.8, 4) is 5.75 Å². The summed E-state index contributed by atoms with van der Waals surface area (Å²) in [7, 11) is 1.66. The van der Waals surface area contributed by atoms with Crippen LogP contribution in [-0.4, -0.2) is 68.5 Å². The van der Waals surface area contributed by atoms with Crippen LogP contribution in [0, 0.1) is 0 Å². The fraction of sp³-hybridized carbons (Fsp3) is 0.391. The van der Waals surface area contributed by atoms with Crippen LogP contribution in [0.25, 0.3) is 10.2 Å². The molecule has 1 aliphatic heterocycles. The van der Waals surface area contributed by atoms with Crippen molar-refractivity contribution in [3.63, 3.8) is 0 Å². The second-order valence-electron chi connectivity index (χ2n) is 7.33. The molecule has 9 heteroatoms. The number of hydrogen-bond donors (Lipinski definition) is 0. The van der Waals surface area contributed by atoms with Gasteiger partial charge in [-0.1, -0.05) is 17.4 Å². The third-order valence-electron chi connectivity index (χ3n) is 5.34. The molecule has 32 heavy (non-hydrogen) atoms. The lowest BCUT2D eigenvalue weighted by Crippen LogP contribution is -2.39. The van der Waals surface area contributed by atoms with Gasteiger partial charge in [-0.05, 0) is 49.1 Å². The molecule has 172 valence electrons. The van der Waals surface area contributed by atoms with Crippen LogP contribution in [0.4, 0.5) is 5.13 Å². The monoisotopic (exact) mass is 493 g/mol.